The quantitative estimate of drug-likeness (QED) is 0.743. The normalized spacial score (nSPS) is 16.4. The third-order valence-corrected chi connectivity index (χ3v) is 2.87. The van der Waals surface area contributed by atoms with Crippen LogP contribution in [0.15, 0.2) is 24.4 Å². The van der Waals surface area contributed by atoms with E-state index in [0.29, 0.717) is 5.82 Å². The van der Waals surface area contributed by atoms with Gasteiger partial charge in [0.05, 0.1) is 0 Å². The highest BCUT2D eigenvalue weighted by Gasteiger charge is 2.19. The van der Waals surface area contributed by atoms with Crippen molar-refractivity contribution in [2.45, 2.75) is 32.2 Å². The average molecular weight is 217 g/mol. The molecule has 3 nitrogen and oxygen atoms in total. The first-order valence-electron chi connectivity index (χ1n) is 5.88. The zero-order valence-electron chi connectivity index (χ0n) is 9.74. The predicted molar refractivity (Wildman–Crippen MR) is 67.9 cm³/mol. The van der Waals surface area contributed by atoms with Gasteiger partial charge in [-0.2, -0.15) is 0 Å². The summed E-state index contributed by atoms with van der Waals surface area (Å²) in [6, 6.07) is 4.73. The van der Waals surface area contributed by atoms with Gasteiger partial charge < -0.3 is 11.1 Å². The molecule has 0 saturated heterocycles. The third kappa shape index (κ3) is 3.07. The van der Waals surface area contributed by atoms with Crippen LogP contribution in [-0.4, -0.2) is 17.6 Å². The Kier molecular flexibility index (Phi) is 3.57. The molecule has 1 aliphatic carbocycles. The van der Waals surface area contributed by atoms with Gasteiger partial charge in [0.15, 0.2) is 0 Å². The molecule has 2 rings (SSSR count). The molecule has 16 heavy (non-hydrogen) atoms. The molecule has 0 aliphatic heterocycles. The van der Waals surface area contributed by atoms with E-state index in [1.807, 2.05) is 12.1 Å². The second kappa shape index (κ2) is 5.12. The number of rotatable bonds is 5. The molecule has 0 amide bonds. The lowest BCUT2D eigenvalue weighted by Crippen LogP contribution is -2.16. The summed E-state index contributed by atoms with van der Waals surface area (Å²) in [5, 5.41) is 3.49. The van der Waals surface area contributed by atoms with Crippen molar-refractivity contribution >= 4 is 11.4 Å². The van der Waals surface area contributed by atoms with E-state index >= 15 is 0 Å². The Morgan fingerprint density at radius 1 is 1.62 bits per heavy atom. The van der Waals surface area contributed by atoms with E-state index in [1.165, 1.54) is 18.4 Å². The highest BCUT2D eigenvalue weighted by Crippen LogP contribution is 2.20. The molecule has 86 valence electrons. The number of pyridine rings is 1. The number of aromatic nitrogens is 1. The van der Waals surface area contributed by atoms with E-state index in [9.17, 15) is 0 Å². The van der Waals surface area contributed by atoms with Gasteiger partial charge in [0.25, 0.3) is 0 Å². The van der Waals surface area contributed by atoms with Crippen molar-refractivity contribution in [2.75, 3.05) is 12.3 Å². The largest absolute Gasteiger partial charge is 0.383 e. The van der Waals surface area contributed by atoms with Crippen LogP contribution in [0.2, 0.25) is 0 Å². The Morgan fingerprint density at radius 2 is 2.44 bits per heavy atom. The van der Waals surface area contributed by atoms with Gasteiger partial charge >= 0.3 is 0 Å². The maximum Gasteiger partial charge on any atom is 0.130 e. The first kappa shape index (κ1) is 11.1. The lowest BCUT2D eigenvalue weighted by molar-refractivity contribution is 0.690. The van der Waals surface area contributed by atoms with Crippen molar-refractivity contribution in [3.63, 3.8) is 0 Å². The highest BCUT2D eigenvalue weighted by molar-refractivity contribution is 5.71. The molecule has 1 aliphatic rings. The van der Waals surface area contributed by atoms with Gasteiger partial charge in [-0.15, -0.1) is 0 Å². The molecule has 0 unspecified atom stereocenters. The monoisotopic (exact) mass is 217 g/mol. The zero-order chi connectivity index (χ0) is 11.4. The molecule has 0 spiro atoms. The first-order chi connectivity index (χ1) is 7.77. The molecule has 3 heteroatoms. The molecule has 1 aromatic rings. The van der Waals surface area contributed by atoms with Crippen molar-refractivity contribution in [1.82, 2.24) is 10.3 Å². The van der Waals surface area contributed by atoms with Crippen LogP contribution in [0, 0.1) is 0 Å². The van der Waals surface area contributed by atoms with Crippen LogP contribution in [-0.2, 0) is 0 Å². The van der Waals surface area contributed by atoms with Gasteiger partial charge in [-0.25, -0.2) is 4.98 Å². The number of nitrogens with zero attached hydrogens (tertiary/aromatic N) is 1. The van der Waals surface area contributed by atoms with Crippen LogP contribution in [0.25, 0.3) is 5.57 Å². The van der Waals surface area contributed by atoms with Crippen LogP contribution in [0.3, 0.4) is 0 Å². The zero-order valence-corrected chi connectivity index (χ0v) is 9.74. The van der Waals surface area contributed by atoms with Gasteiger partial charge in [-0.1, -0.05) is 6.08 Å². The maximum atomic E-state index is 5.82. The summed E-state index contributed by atoms with van der Waals surface area (Å²) in [7, 11) is 0. The Bertz CT molecular complexity index is 381. The molecular formula is C13H19N3. The van der Waals surface area contributed by atoms with E-state index in [-0.39, 0.29) is 0 Å². The molecule has 1 fully saturated rings. The molecule has 1 aromatic heterocycles. The minimum Gasteiger partial charge on any atom is -0.383 e. The fourth-order valence-corrected chi connectivity index (χ4v) is 1.72. The number of nitrogens with two attached hydrogens (primary N) is 1. The lowest BCUT2D eigenvalue weighted by atomic mass is 10.1. The summed E-state index contributed by atoms with van der Waals surface area (Å²) in [5.74, 6) is 0.617. The molecule has 0 radical (unpaired) electrons. The fraction of sp³-hybridized carbons (Fsp3) is 0.462. The number of hydrogen-bond acceptors (Lipinski definition) is 3. The Labute approximate surface area is 96.8 Å². The average Bonchev–Trinajstić information content (AvgIpc) is 3.08. The van der Waals surface area contributed by atoms with Crippen molar-refractivity contribution < 1.29 is 0 Å². The van der Waals surface area contributed by atoms with Gasteiger partial charge in [0.2, 0.25) is 0 Å². The van der Waals surface area contributed by atoms with Crippen LogP contribution >= 0.6 is 0 Å². The molecule has 3 N–H and O–H groups in total. The molecule has 1 saturated carbocycles. The topological polar surface area (TPSA) is 50.9 Å². The standard InChI is InChI=1S/C13H19N3/c1-10(4-2-8-15-11-6-7-11)12-5-3-9-16-13(12)14/h3-5,9,11,15H,2,6-8H2,1H3,(H2,14,16). The minimum atomic E-state index is 0.617. The number of anilines is 1. The predicted octanol–water partition coefficient (Wildman–Crippen LogP) is 2.21. The molecule has 1 heterocycles. The van der Waals surface area contributed by atoms with Crippen LogP contribution in [0.1, 0.15) is 31.7 Å². The fourth-order valence-electron chi connectivity index (χ4n) is 1.72. The SMILES string of the molecule is CC(=CCCNC1CC1)c1cccnc1N. The summed E-state index contributed by atoms with van der Waals surface area (Å²) in [5.41, 5.74) is 8.08. The van der Waals surface area contributed by atoms with Crippen molar-refractivity contribution in [2.24, 2.45) is 0 Å². The smallest absolute Gasteiger partial charge is 0.130 e. The summed E-state index contributed by atoms with van der Waals surface area (Å²) in [4.78, 5) is 4.09. The van der Waals surface area contributed by atoms with Gasteiger partial charge in [-0.3, -0.25) is 0 Å². The minimum absolute atomic E-state index is 0.617. The summed E-state index contributed by atoms with van der Waals surface area (Å²) >= 11 is 0. The summed E-state index contributed by atoms with van der Waals surface area (Å²) in [6.07, 6.45) is 7.69. The first-order valence-corrected chi connectivity index (χ1v) is 5.88. The maximum absolute atomic E-state index is 5.82. The Morgan fingerprint density at radius 3 is 3.12 bits per heavy atom. The molecule has 0 bridgehead atoms. The van der Waals surface area contributed by atoms with Gasteiger partial charge in [0.1, 0.15) is 5.82 Å². The van der Waals surface area contributed by atoms with Crippen LogP contribution < -0.4 is 11.1 Å². The molecule has 0 atom stereocenters. The van der Waals surface area contributed by atoms with Crippen molar-refractivity contribution in [3.05, 3.63) is 30.0 Å². The van der Waals surface area contributed by atoms with E-state index < -0.39 is 0 Å². The second-order valence-electron chi connectivity index (χ2n) is 4.34. The number of nitrogen functional groups attached to an aromatic ring is 1. The number of allylic oxidation sites excluding steroid dienone is 1. The van der Waals surface area contributed by atoms with Gasteiger partial charge in [-0.05, 0) is 50.4 Å². The van der Waals surface area contributed by atoms with Crippen molar-refractivity contribution in [1.29, 1.82) is 0 Å². The van der Waals surface area contributed by atoms with E-state index in [2.05, 4.69) is 23.3 Å². The Balaban J connectivity index is 1.87. The third-order valence-electron chi connectivity index (χ3n) is 2.87. The summed E-state index contributed by atoms with van der Waals surface area (Å²) in [6.45, 7) is 3.15. The number of hydrogen-bond donors (Lipinski definition) is 2. The molecule has 0 aromatic carbocycles. The van der Waals surface area contributed by atoms with Crippen LogP contribution in [0.4, 0.5) is 5.82 Å². The van der Waals surface area contributed by atoms with Crippen molar-refractivity contribution in [3.8, 4) is 0 Å². The van der Waals surface area contributed by atoms with Gasteiger partial charge in [0, 0.05) is 17.8 Å². The van der Waals surface area contributed by atoms with Crippen LogP contribution in [0.5, 0.6) is 0 Å². The highest BCUT2D eigenvalue weighted by atomic mass is 14.9. The molecular weight excluding hydrogens is 198 g/mol. The number of nitrogens with one attached hydrogen (secondary N) is 1. The van der Waals surface area contributed by atoms with E-state index in [4.69, 9.17) is 5.73 Å². The summed E-state index contributed by atoms with van der Waals surface area (Å²) < 4.78 is 0. The van der Waals surface area contributed by atoms with E-state index in [1.54, 1.807) is 6.20 Å². The second-order valence-corrected chi connectivity index (χ2v) is 4.34. The lowest BCUT2D eigenvalue weighted by Gasteiger charge is -2.05. The van der Waals surface area contributed by atoms with E-state index in [0.717, 1.165) is 24.6 Å². The Hall–Kier alpha value is -1.35.